The van der Waals surface area contributed by atoms with Crippen molar-refractivity contribution >= 4 is 31.6 Å². The Balaban J connectivity index is 2.12. The minimum Gasteiger partial charge on any atom is -0.379 e. The molecule has 1 aromatic carbocycles. The van der Waals surface area contributed by atoms with Crippen LogP contribution in [0.3, 0.4) is 0 Å². The minimum absolute atomic E-state index is 0.0558. The number of nitrogens with zero attached hydrogens (tertiary/aromatic N) is 1. The molecule has 0 spiro atoms. The van der Waals surface area contributed by atoms with Crippen LogP contribution in [-0.4, -0.2) is 18.6 Å². The van der Waals surface area contributed by atoms with Gasteiger partial charge in [-0.05, 0) is 33.6 Å². The molecule has 9 heteroatoms. The predicted octanol–water partition coefficient (Wildman–Crippen LogP) is 0.792. The molecule has 1 aromatic heterocycles. The molecule has 0 saturated carbocycles. The summed E-state index contributed by atoms with van der Waals surface area (Å²) in [6.45, 7) is 0.411. The number of hydrogen-bond acceptors (Lipinski definition) is 5. The van der Waals surface area contributed by atoms with Crippen LogP contribution in [0.2, 0.25) is 0 Å². The highest BCUT2D eigenvalue weighted by molar-refractivity contribution is 9.10. The maximum absolute atomic E-state index is 11.3. The smallest absolute Gasteiger partial charge is 0.280 e. The third kappa shape index (κ3) is 3.44. The number of halogens is 1. The van der Waals surface area contributed by atoms with E-state index in [0.29, 0.717) is 16.7 Å². The highest BCUT2D eigenvalue weighted by Crippen LogP contribution is 2.17. The van der Waals surface area contributed by atoms with Crippen LogP contribution < -0.4 is 16.0 Å². The molecule has 20 heavy (non-hydrogen) atoms. The second kappa shape index (κ2) is 5.73. The van der Waals surface area contributed by atoms with Crippen LogP contribution in [0.25, 0.3) is 0 Å². The number of anilines is 1. The molecule has 0 unspecified atom stereocenters. The summed E-state index contributed by atoms with van der Waals surface area (Å²) in [6.07, 6.45) is 1.48. The Morgan fingerprint density at radius 1 is 1.30 bits per heavy atom. The van der Waals surface area contributed by atoms with Gasteiger partial charge in [-0.3, -0.25) is 4.79 Å². The molecule has 106 valence electrons. The summed E-state index contributed by atoms with van der Waals surface area (Å²) in [6, 6.07) is 6.14. The molecular weight excluding hydrogens is 348 g/mol. The Bertz CT molecular complexity index is 771. The molecule has 0 radical (unpaired) electrons. The summed E-state index contributed by atoms with van der Waals surface area (Å²) in [7, 11) is -3.68. The standard InChI is InChI=1S/C11H11BrN4O3S/c12-10-9(6-15-16-11(10)17)14-5-7-1-3-8(4-2-7)20(13,18)19/h1-4,6H,5H2,(H2,13,18,19)(H2,14,16,17). The maximum atomic E-state index is 11.3. The number of rotatable bonds is 4. The van der Waals surface area contributed by atoms with E-state index in [0.717, 1.165) is 5.56 Å². The van der Waals surface area contributed by atoms with Gasteiger partial charge in [-0.2, -0.15) is 5.10 Å². The van der Waals surface area contributed by atoms with E-state index in [-0.39, 0.29) is 10.5 Å². The number of benzene rings is 1. The van der Waals surface area contributed by atoms with Crippen LogP contribution in [0.4, 0.5) is 5.69 Å². The number of primary sulfonamides is 1. The first kappa shape index (κ1) is 14.7. The van der Waals surface area contributed by atoms with E-state index < -0.39 is 10.0 Å². The van der Waals surface area contributed by atoms with Gasteiger partial charge in [0.1, 0.15) is 4.47 Å². The first-order valence-electron chi connectivity index (χ1n) is 5.47. The van der Waals surface area contributed by atoms with Crippen molar-refractivity contribution < 1.29 is 8.42 Å². The Morgan fingerprint density at radius 3 is 2.55 bits per heavy atom. The second-order valence-corrected chi connectivity index (χ2v) is 6.32. The maximum Gasteiger partial charge on any atom is 0.280 e. The van der Waals surface area contributed by atoms with E-state index in [4.69, 9.17) is 5.14 Å². The zero-order valence-electron chi connectivity index (χ0n) is 10.1. The molecule has 4 N–H and O–H groups in total. The SMILES string of the molecule is NS(=O)(=O)c1ccc(CNc2cn[nH]c(=O)c2Br)cc1. The van der Waals surface area contributed by atoms with Crippen LogP contribution >= 0.6 is 15.9 Å². The Hall–Kier alpha value is -1.71. The molecule has 1 heterocycles. The average molecular weight is 359 g/mol. The van der Waals surface area contributed by atoms with E-state index in [1.165, 1.54) is 18.3 Å². The summed E-state index contributed by atoms with van der Waals surface area (Å²) >= 11 is 3.15. The lowest BCUT2D eigenvalue weighted by Gasteiger charge is -2.07. The van der Waals surface area contributed by atoms with E-state index in [2.05, 4.69) is 31.4 Å². The fraction of sp³-hybridized carbons (Fsp3) is 0.0909. The monoisotopic (exact) mass is 358 g/mol. The number of H-pyrrole nitrogens is 1. The lowest BCUT2D eigenvalue weighted by molar-refractivity contribution is 0.598. The van der Waals surface area contributed by atoms with Gasteiger partial charge in [-0.25, -0.2) is 18.7 Å². The fourth-order valence-corrected chi connectivity index (χ4v) is 2.35. The van der Waals surface area contributed by atoms with Crippen molar-refractivity contribution in [3.63, 3.8) is 0 Å². The van der Waals surface area contributed by atoms with Gasteiger partial charge in [-0.15, -0.1) is 0 Å². The number of nitrogens with one attached hydrogen (secondary N) is 2. The summed E-state index contributed by atoms with van der Waals surface area (Å²) in [5.41, 5.74) is 1.05. The quantitative estimate of drug-likeness (QED) is 0.746. The van der Waals surface area contributed by atoms with E-state index in [9.17, 15) is 13.2 Å². The molecule has 7 nitrogen and oxygen atoms in total. The molecule has 0 bridgehead atoms. The Morgan fingerprint density at radius 2 is 1.95 bits per heavy atom. The molecule has 2 rings (SSSR count). The first-order valence-corrected chi connectivity index (χ1v) is 7.80. The van der Waals surface area contributed by atoms with Gasteiger partial charge in [0.2, 0.25) is 10.0 Å². The largest absolute Gasteiger partial charge is 0.379 e. The zero-order valence-corrected chi connectivity index (χ0v) is 12.5. The molecule has 0 fully saturated rings. The number of aromatic nitrogens is 2. The predicted molar refractivity (Wildman–Crippen MR) is 77.7 cm³/mol. The molecule has 0 aliphatic heterocycles. The zero-order chi connectivity index (χ0) is 14.8. The van der Waals surface area contributed by atoms with Crippen LogP contribution in [-0.2, 0) is 16.6 Å². The topological polar surface area (TPSA) is 118 Å². The highest BCUT2D eigenvalue weighted by Gasteiger charge is 2.07. The van der Waals surface area contributed by atoms with E-state index >= 15 is 0 Å². The molecule has 0 aliphatic carbocycles. The third-order valence-electron chi connectivity index (χ3n) is 2.53. The molecule has 0 amide bonds. The summed E-state index contributed by atoms with van der Waals surface area (Å²) in [5.74, 6) is 0. The summed E-state index contributed by atoms with van der Waals surface area (Å²) in [5, 5.41) is 14.0. The van der Waals surface area contributed by atoms with Crippen LogP contribution in [0.1, 0.15) is 5.56 Å². The van der Waals surface area contributed by atoms with Crippen molar-refractivity contribution in [2.45, 2.75) is 11.4 Å². The Kier molecular flexibility index (Phi) is 4.21. The van der Waals surface area contributed by atoms with Crippen LogP contribution in [0, 0.1) is 0 Å². The molecule has 0 atom stereocenters. The van der Waals surface area contributed by atoms with Gasteiger partial charge >= 0.3 is 0 Å². The van der Waals surface area contributed by atoms with Gasteiger partial charge in [0.15, 0.2) is 0 Å². The van der Waals surface area contributed by atoms with Gasteiger partial charge < -0.3 is 5.32 Å². The molecular formula is C11H11BrN4O3S. The minimum atomic E-state index is -3.68. The lowest BCUT2D eigenvalue weighted by Crippen LogP contribution is -2.13. The van der Waals surface area contributed by atoms with Crippen molar-refractivity contribution in [2.75, 3.05) is 5.32 Å². The number of sulfonamides is 1. The van der Waals surface area contributed by atoms with Crippen molar-refractivity contribution in [3.05, 3.63) is 50.9 Å². The molecule has 0 saturated heterocycles. The van der Waals surface area contributed by atoms with Crippen molar-refractivity contribution in [1.82, 2.24) is 10.2 Å². The van der Waals surface area contributed by atoms with Crippen molar-refractivity contribution in [1.29, 1.82) is 0 Å². The summed E-state index contributed by atoms with van der Waals surface area (Å²) < 4.78 is 22.6. The molecule has 0 aliphatic rings. The Labute approximate surface area is 123 Å². The van der Waals surface area contributed by atoms with Crippen molar-refractivity contribution in [2.24, 2.45) is 5.14 Å². The van der Waals surface area contributed by atoms with Crippen LogP contribution in [0.15, 0.2) is 44.6 Å². The van der Waals surface area contributed by atoms with Gasteiger partial charge in [0.05, 0.1) is 16.8 Å². The van der Waals surface area contributed by atoms with Gasteiger partial charge in [0, 0.05) is 6.54 Å². The first-order chi connectivity index (χ1) is 9.38. The fourth-order valence-electron chi connectivity index (χ4n) is 1.50. The van der Waals surface area contributed by atoms with Crippen LogP contribution in [0.5, 0.6) is 0 Å². The van der Waals surface area contributed by atoms with Gasteiger partial charge in [-0.1, -0.05) is 12.1 Å². The third-order valence-corrected chi connectivity index (χ3v) is 4.25. The highest BCUT2D eigenvalue weighted by atomic mass is 79.9. The van der Waals surface area contributed by atoms with E-state index in [1.54, 1.807) is 12.1 Å². The van der Waals surface area contributed by atoms with Crippen molar-refractivity contribution in [3.8, 4) is 0 Å². The number of hydrogen-bond donors (Lipinski definition) is 3. The number of nitrogens with two attached hydrogens (primary N) is 1. The molecule has 2 aromatic rings. The normalized spacial score (nSPS) is 11.3. The number of aromatic amines is 1. The summed E-state index contributed by atoms with van der Waals surface area (Å²) in [4.78, 5) is 11.4. The van der Waals surface area contributed by atoms with Gasteiger partial charge in [0.25, 0.3) is 5.56 Å². The van der Waals surface area contributed by atoms with E-state index in [1.807, 2.05) is 0 Å². The lowest BCUT2D eigenvalue weighted by atomic mass is 10.2. The average Bonchev–Trinajstić information content (AvgIpc) is 2.40. The second-order valence-electron chi connectivity index (χ2n) is 3.97.